The zero-order valence-electron chi connectivity index (χ0n) is 18.1. The van der Waals surface area contributed by atoms with Gasteiger partial charge >= 0.3 is 0 Å². The summed E-state index contributed by atoms with van der Waals surface area (Å²) in [5, 5.41) is 0. The van der Waals surface area contributed by atoms with Gasteiger partial charge in [-0.05, 0) is 53.7 Å². The van der Waals surface area contributed by atoms with Crippen molar-refractivity contribution >= 4 is 23.0 Å². The van der Waals surface area contributed by atoms with Crippen LogP contribution in [0.4, 0.5) is 0 Å². The van der Waals surface area contributed by atoms with Crippen LogP contribution in [0.1, 0.15) is 61.5 Å². The molecule has 1 aliphatic heterocycles. The number of fused-ring (bicyclic) bond motifs is 1. The number of carbonyl (C=O) groups is 1. The van der Waals surface area contributed by atoms with Crippen LogP contribution >= 0.6 is 0 Å². The Bertz CT molecular complexity index is 1050. The molecular formula is C25H29N3O3. The molecule has 4 rings (SSSR count). The van der Waals surface area contributed by atoms with Gasteiger partial charge in [0.05, 0.1) is 11.0 Å². The minimum Gasteiger partial charge on any atom is -0.350 e. The Morgan fingerprint density at radius 3 is 2.84 bits per heavy atom. The van der Waals surface area contributed by atoms with E-state index in [-0.39, 0.29) is 12.2 Å². The SMILES string of the molecule is CC(C)c1ccc2nc(Cc3ccc(/C=C/C(=O)NOC4CCCCO4)cc3)[nH]c2c1. The first-order chi connectivity index (χ1) is 15.1. The molecule has 0 bridgehead atoms. The highest BCUT2D eigenvalue weighted by atomic mass is 16.8. The van der Waals surface area contributed by atoms with Gasteiger partial charge in [0.2, 0.25) is 0 Å². The van der Waals surface area contributed by atoms with E-state index in [1.807, 2.05) is 12.1 Å². The molecule has 1 aliphatic rings. The monoisotopic (exact) mass is 419 g/mol. The number of hydrogen-bond donors (Lipinski definition) is 2. The third kappa shape index (κ3) is 5.81. The van der Waals surface area contributed by atoms with Gasteiger partial charge in [-0.25, -0.2) is 15.3 Å². The summed E-state index contributed by atoms with van der Waals surface area (Å²) in [6.45, 7) is 5.06. The van der Waals surface area contributed by atoms with Gasteiger partial charge in [0.1, 0.15) is 5.82 Å². The summed E-state index contributed by atoms with van der Waals surface area (Å²) in [5.74, 6) is 1.13. The van der Waals surface area contributed by atoms with Gasteiger partial charge in [0.25, 0.3) is 5.91 Å². The Balaban J connectivity index is 1.32. The van der Waals surface area contributed by atoms with E-state index in [0.717, 1.165) is 53.7 Å². The molecule has 6 nitrogen and oxygen atoms in total. The number of rotatable bonds is 7. The van der Waals surface area contributed by atoms with E-state index in [1.54, 1.807) is 6.08 Å². The predicted octanol–water partition coefficient (Wildman–Crippen LogP) is 4.86. The van der Waals surface area contributed by atoms with E-state index < -0.39 is 0 Å². The lowest BCUT2D eigenvalue weighted by Gasteiger charge is -2.21. The smallest absolute Gasteiger partial charge is 0.267 e. The molecule has 1 unspecified atom stereocenters. The summed E-state index contributed by atoms with van der Waals surface area (Å²) in [6, 6.07) is 14.5. The van der Waals surface area contributed by atoms with Gasteiger partial charge < -0.3 is 9.72 Å². The number of H-pyrrole nitrogens is 1. The molecule has 1 saturated heterocycles. The van der Waals surface area contributed by atoms with Crippen LogP contribution in [0, 0.1) is 0 Å². The number of ether oxygens (including phenoxy) is 1. The Hall–Kier alpha value is -2.96. The molecule has 1 aromatic heterocycles. The van der Waals surface area contributed by atoms with Crippen molar-refractivity contribution in [1.82, 2.24) is 15.4 Å². The number of aromatic nitrogens is 2. The van der Waals surface area contributed by atoms with E-state index in [9.17, 15) is 4.79 Å². The lowest BCUT2D eigenvalue weighted by molar-refractivity contribution is -0.198. The summed E-state index contributed by atoms with van der Waals surface area (Å²) < 4.78 is 5.42. The minimum absolute atomic E-state index is 0.304. The fourth-order valence-corrected chi connectivity index (χ4v) is 3.60. The molecule has 31 heavy (non-hydrogen) atoms. The molecule has 0 saturated carbocycles. The number of hydroxylamine groups is 1. The molecule has 0 aliphatic carbocycles. The first kappa shape index (κ1) is 21.3. The molecule has 2 heterocycles. The highest BCUT2D eigenvalue weighted by molar-refractivity contribution is 5.90. The second-order valence-electron chi connectivity index (χ2n) is 8.25. The maximum Gasteiger partial charge on any atom is 0.267 e. The summed E-state index contributed by atoms with van der Waals surface area (Å²) in [4.78, 5) is 25.3. The molecule has 162 valence electrons. The summed E-state index contributed by atoms with van der Waals surface area (Å²) in [6.07, 6.45) is 6.50. The summed E-state index contributed by atoms with van der Waals surface area (Å²) >= 11 is 0. The maximum absolute atomic E-state index is 11.9. The van der Waals surface area contributed by atoms with Gasteiger partial charge in [-0.1, -0.05) is 44.2 Å². The quantitative estimate of drug-likeness (QED) is 0.423. The molecule has 0 radical (unpaired) electrons. The normalized spacial score (nSPS) is 16.9. The van der Waals surface area contributed by atoms with Crippen molar-refractivity contribution in [2.45, 2.75) is 51.7 Å². The lowest BCUT2D eigenvalue weighted by Crippen LogP contribution is -2.32. The first-order valence-electron chi connectivity index (χ1n) is 10.9. The van der Waals surface area contributed by atoms with Crippen LogP contribution < -0.4 is 5.48 Å². The van der Waals surface area contributed by atoms with E-state index in [4.69, 9.17) is 14.6 Å². The minimum atomic E-state index is -0.347. The van der Waals surface area contributed by atoms with E-state index in [2.05, 4.69) is 54.6 Å². The number of nitrogens with one attached hydrogen (secondary N) is 2. The van der Waals surface area contributed by atoms with Crippen LogP contribution in [-0.2, 0) is 20.8 Å². The average molecular weight is 420 g/mol. The first-order valence-corrected chi connectivity index (χ1v) is 10.9. The Morgan fingerprint density at radius 1 is 1.26 bits per heavy atom. The largest absolute Gasteiger partial charge is 0.350 e. The number of carbonyl (C=O) groups excluding carboxylic acids is 1. The lowest BCUT2D eigenvalue weighted by atomic mass is 10.0. The molecule has 6 heteroatoms. The molecule has 2 N–H and O–H groups in total. The van der Waals surface area contributed by atoms with E-state index >= 15 is 0 Å². The van der Waals surface area contributed by atoms with Gasteiger partial charge in [-0.3, -0.25) is 4.79 Å². The molecule has 3 aromatic rings. The van der Waals surface area contributed by atoms with Crippen LogP contribution in [0.3, 0.4) is 0 Å². The van der Waals surface area contributed by atoms with E-state index in [1.165, 1.54) is 11.6 Å². The van der Waals surface area contributed by atoms with Crippen LogP contribution in [0.2, 0.25) is 0 Å². The highest BCUT2D eigenvalue weighted by Crippen LogP contribution is 2.21. The summed E-state index contributed by atoms with van der Waals surface area (Å²) in [7, 11) is 0. The number of nitrogens with zero attached hydrogens (tertiary/aromatic N) is 1. The number of imidazole rings is 1. The van der Waals surface area contributed by atoms with E-state index in [0.29, 0.717) is 12.5 Å². The predicted molar refractivity (Wildman–Crippen MR) is 121 cm³/mol. The molecule has 1 fully saturated rings. The Morgan fingerprint density at radius 2 is 2.10 bits per heavy atom. The van der Waals surface area contributed by atoms with Crippen LogP contribution in [0.25, 0.3) is 17.1 Å². The van der Waals surface area contributed by atoms with Crippen molar-refractivity contribution in [3.63, 3.8) is 0 Å². The average Bonchev–Trinajstić information content (AvgIpc) is 3.19. The standard InChI is InChI=1S/C25H29N3O3/c1-17(2)20-11-12-21-22(16-20)27-23(26-21)15-19-8-6-18(7-9-19)10-13-24(29)28-31-25-5-3-4-14-30-25/h6-13,16-17,25H,3-5,14-15H2,1-2H3,(H,26,27)(H,28,29)/b13-10+. The van der Waals surface area contributed by atoms with Gasteiger partial charge in [0, 0.05) is 25.5 Å². The van der Waals surface area contributed by atoms with Crippen molar-refractivity contribution in [3.05, 3.63) is 71.1 Å². The van der Waals surface area contributed by atoms with Crippen molar-refractivity contribution in [2.75, 3.05) is 6.61 Å². The zero-order chi connectivity index (χ0) is 21.6. The van der Waals surface area contributed by atoms with Gasteiger partial charge in [-0.15, -0.1) is 0 Å². The van der Waals surface area contributed by atoms with Crippen molar-refractivity contribution in [1.29, 1.82) is 0 Å². The third-order valence-corrected chi connectivity index (χ3v) is 5.43. The molecule has 1 atom stereocenters. The number of aromatic amines is 1. The zero-order valence-corrected chi connectivity index (χ0v) is 18.1. The Labute approximate surface area is 182 Å². The summed E-state index contributed by atoms with van der Waals surface area (Å²) in [5.41, 5.74) is 7.90. The highest BCUT2D eigenvalue weighted by Gasteiger charge is 2.15. The second-order valence-corrected chi connectivity index (χ2v) is 8.25. The fraction of sp³-hybridized carbons (Fsp3) is 0.360. The van der Waals surface area contributed by atoms with Gasteiger partial charge in [0.15, 0.2) is 6.29 Å². The second kappa shape index (κ2) is 9.90. The van der Waals surface area contributed by atoms with Crippen LogP contribution in [0.5, 0.6) is 0 Å². The maximum atomic E-state index is 11.9. The van der Waals surface area contributed by atoms with Crippen molar-refractivity contribution in [2.24, 2.45) is 0 Å². The third-order valence-electron chi connectivity index (χ3n) is 5.43. The van der Waals surface area contributed by atoms with Crippen molar-refractivity contribution in [3.8, 4) is 0 Å². The topological polar surface area (TPSA) is 76.2 Å². The number of hydrogen-bond acceptors (Lipinski definition) is 4. The Kier molecular flexibility index (Phi) is 6.79. The fourth-order valence-electron chi connectivity index (χ4n) is 3.60. The molecule has 1 amide bonds. The van der Waals surface area contributed by atoms with Gasteiger partial charge in [-0.2, -0.15) is 0 Å². The van der Waals surface area contributed by atoms with Crippen LogP contribution in [0.15, 0.2) is 48.5 Å². The van der Waals surface area contributed by atoms with Crippen molar-refractivity contribution < 1.29 is 14.4 Å². The molecular weight excluding hydrogens is 390 g/mol. The molecule has 2 aromatic carbocycles. The number of amides is 1. The molecule has 0 spiro atoms. The van der Waals surface area contributed by atoms with Crippen LogP contribution in [-0.4, -0.2) is 28.8 Å². The number of benzene rings is 2.